The summed E-state index contributed by atoms with van der Waals surface area (Å²) in [5.41, 5.74) is 0. The van der Waals surface area contributed by atoms with Crippen LogP contribution in [0.2, 0.25) is 0 Å². The summed E-state index contributed by atoms with van der Waals surface area (Å²) in [4.78, 5) is -0.579. The second-order valence-electron chi connectivity index (χ2n) is 4.81. The van der Waals surface area contributed by atoms with Gasteiger partial charge in [0.2, 0.25) is 20.0 Å². The minimum absolute atomic E-state index is 0.0754. The Bertz CT molecular complexity index is 698. The van der Waals surface area contributed by atoms with E-state index in [2.05, 4.69) is 0 Å². The molecule has 0 aromatic heterocycles. The van der Waals surface area contributed by atoms with E-state index in [0.717, 1.165) is 12.8 Å². The molecular weight excluding hydrogens is 300 g/mol. The maximum atomic E-state index is 12.7. The van der Waals surface area contributed by atoms with Gasteiger partial charge in [-0.05, 0) is 31.4 Å². The third kappa shape index (κ3) is 2.73. The Morgan fingerprint density at radius 2 is 1.80 bits per heavy atom. The van der Waals surface area contributed by atoms with Crippen LogP contribution in [-0.4, -0.2) is 33.7 Å². The highest BCUT2D eigenvalue weighted by Gasteiger charge is 2.36. The van der Waals surface area contributed by atoms with Crippen LogP contribution >= 0.6 is 0 Å². The van der Waals surface area contributed by atoms with Crippen molar-refractivity contribution in [3.63, 3.8) is 0 Å². The lowest BCUT2D eigenvalue weighted by Gasteiger charge is -2.23. The molecule has 1 aromatic carbocycles. The predicted molar refractivity (Wildman–Crippen MR) is 75.0 cm³/mol. The first-order valence-corrected chi connectivity index (χ1v) is 9.40. The number of rotatable bonds is 4. The molecular formula is C12H18N2O4S2. The van der Waals surface area contributed by atoms with Gasteiger partial charge < -0.3 is 0 Å². The molecule has 112 valence electrons. The zero-order chi connectivity index (χ0) is 15.0. The molecule has 1 unspecified atom stereocenters. The molecule has 1 atom stereocenters. The molecule has 1 aliphatic rings. The van der Waals surface area contributed by atoms with Crippen molar-refractivity contribution in [1.29, 1.82) is 0 Å². The predicted octanol–water partition coefficient (Wildman–Crippen LogP) is 0.897. The number of benzene rings is 1. The van der Waals surface area contributed by atoms with Gasteiger partial charge in [0.25, 0.3) is 0 Å². The first kappa shape index (κ1) is 15.4. The third-order valence-corrected chi connectivity index (χ3v) is 6.64. The van der Waals surface area contributed by atoms with Gasteiger partial charge in [0, 0.05) is 12.6 Å². The molecule has 2 N–H and O–H groups in total. The van der Waals surface area contributed by atoms with Crippen LogP contribution < -0.4 is 5.14 Å². The highest BCUT2D eigenvalue weighted by atomic mass is 32.2. The Kier molecular flexibility index (Phi) is 4.19. The van der Waals surface area contributed by atoms with E-state index in [1.165, 1.54) is 28.6 Å². The molecule has 0 saturated carbocycles. The van der Waals surface area contributed by atoms with Crippen LogP contribution in [0.15, 0.2) is 34.1 Å². The molecule has 0 aliphatic carbocycles. The first-order chi connectivity index (χ1) is 9.28. The Hall–Kier alpha value is -0.960. The molecule has 6 nitrogen and oxygen atoms in total. The van der Waals surface area contributed by atoms with E-state index in [0.29, 0.717) is 13.0 Å². The fourth-order valence-corrected chi connectivity index (χ4v) is 5.68. The molecule has 0 bridgehead atoms. The SMILES string of the molecule is CCC1CCCN1S(=O)(=O)c1ccccc1S(N)(=O)=O. The van der Waals surface area contributed by atoms with E-state index in [-0.39, 0.29) is 15.8 Å². The van der Waals surface area contributed by atoms with Crippen LogP contribution in [0.4, 0.5) is 0 Å². The Morgan fingerprint density at radius 1 is 1.20 bits per heavy atom. The molecule has 0 spiro atoms. The number of hydrogen-bond acceptors (Lipinski definition) is 4. The maximum Gasteiger partial charge on any atom is 0.244 e. The van der Waals surface area contributed by atoms with E-state index in [9.17, 15) is 16.8 Å². The van der Waals surface area contributed by atoms with E-state index < -0.39 is 20.0 Å². The lowest BCUT2D eigenvalue weighted by Crippen LogP contribution is -2.36. The van der Waals surface area contributed by atoms with E-state index >= 15 is 0 Å². The first-order valence-electron chi connectivity index (χ1n) is 6.42. The number of nitrogens with two attached hydrogens (primary N) is 1. The third-order valence-electron chi connectivity index (χ3n) is 3.54. The number of nitrogens with zero attached hydrogens (tertiary/aromatic N) is 1. The van der Waals surface area contributed by atoms with Crippen LogP contribution in [0.25, 0.3) is 0 Å². The average molecular weight is 318 g/mol. The highest BCUT2D eigenvalue weighted by molar-refractivity contribution is 7.92. The smallest absolute Gasteiger partial charge is 0.225 e. The van der Waals surface area contributed by atoms with Crippen molar-refractivity contribution >= 4 is 20.0 Å². The maximum absolute atomic E-state index is 12.7. The van der Waals surface area contributed by atoms with Crippen molar-refractivity contribution in [3.05, 3.63) is 24.3 Å². The molecule has 8 heteroatoms. The van der Waals surface area contributed by atoms with Gasteiger partial charge >= 0.3 is 0 Å². The van der Waals surface area contributed by atoms with Gasteiger partial charge in [0.1, 0.15) is 9.79 Å². The zero-order valence-corrected chi connectivity index (χ0v) is 12.8. The molecule has 1 fully saturated rings. The van der Waals surface area contributed by atoms with Crippen molar-refractivity contribution < 1.29 is 16.8 Å². The summed E-state index contributed by atoms with van der Waals surface area (Å²) >= 11 is 0. The van der Waals surface area contributed by atoms with Gasteiger partial charge in [-0.2, -0.15) is 4.31 Å². The minimum atomic E-state index is -4.08. The van der Waals surface area contributed by atoms with Gasteiger partial charge in [0.05, 0.1) is 0 Å². The average Bonchev–Trinajstić information content (AvgIpc) is 2.86. The molecule has 1 aliphatic heterocycles. The molecule has 0 radical (unpaired) electrons. The summed E-state index contributed by atoms with van der Waals surface area (Å²) in [5.74, 6) is 0. The van der Waals surface area contributed by atoms with Gasteiger partial charge in [-0.3, -0.25) is 0 Å². The fraction of sp³-hybridized carbons (Fsp3) is 0.500. The molecule has 20 heavy (non-hydrogen) atoms. The number of primary sulfonamides is 1. The summed E-state index contributed by atoms with van der Waals surface area (Å²) in [5, 5.41) is 5.11. The molecule has 2 rings (SSSR count). The quantitative estimate of drug-likeness (QED) is 0.891. The van der Waals surface area contributed by atoms with Gasteiger partial charge in [-0.25, -0.2) is 22.0 Å². The topological polar surface area (TPSA) is 97.5 Å². The van der Waals surface area contributed by atoms with Crippen LogP contribution in [0, 0.1) is 0 Å². The van der Waals surface area contributed by atoms with Gasteiger partial charge in [-0.15, -0.1) is 0 Å². The standard InChI is InChI=1S/C12H18N2O4S2/c1-2-10-6-5-9-14(10)20(17,18)12-8-4-3-7-11(12)19(13,15)16/h3-4,7-8,10H,2,5-6,9H2,1H3,(H2,13,15,16). The number of hydrogen-bond donors (Lipinski definition) is 1. The van der Waals surface area contributed by atoms with E-state index in [1.54, 1.807) is 0 Å². The summed E-state index contributed by atoms with van der Waals surface area (Å²) in [6.07, 6.45) is 2.29. The summed E-state index contributed by atoms with van der Waals surface area (Å²) in [6.45, 7) is 2.34. The summed E-state index contributed by atoms with van der Waals surface area (Å²) < 4.78 is 49.9. The lowest BCUT2D eigenvalue weighted by atomic mass is 10.2. The monoisotopic (exact) mass is 318 g/mol. The lowest BCUT2D eigenvalue weighted by molar-refractivity contribution is 0.378. The van der Waals surface area contributed by atoms with Crippen molar-refractivity contribution in [3.8, 4) is 0 Å². The van der Waals surface area contributed by atoms with Crippen molar-refractivity contribution in [1.82, 2.24) is 4.31 Å². The highest BCUT2D eigenvalue weighted by Crippen LogP contribution is 2.30. The van der Waals surface area contributed by atoms with Crippen molar-refractivity contribution in [2.45, 2.75) is 42.0 Å². The van der Waals surface area contributed by atoms with Crippen LogP contribution in [0.5, 0.6) is 0 Å². The zero-order valence-electron chi connectivity index (χ0n) is 11.2. The number of sulfonamides is 2. The van der Waals surface area contributed by atoms with Gasteiger partial charge in [-0.1, -0.05) is 19.1 Å². The molecule has 0 amide bonds. The van der Waals surface area contributed by atoms with Crippen LogP contribution in [-0.2, 0) is 20.0 Å². The van der Waals surface area contributed by atoms with Crippen molar-refractivity contribution in [2.75, 3.05) is 6.54 Å². The summed E-state index contributed by atoms with van der Waals surface area (Å²) in [6, 6.07) is 5.39. The van der Waals surface area contributed by atoms with Crippen LogP contribution in [0.3, 0.4) is 0 Å². The van der Waals surface area contributed by atoms with E-state index in [4.69, 9.17) is 5.14 Å². The van der Waals surface area contributed by atoms with Crippen LogP contribution in [0.1, 0.15) is 26.2 Å². The second-order valence-corrected chi connectivity index (χ2v) is 8.20. The molecule has 1 heterocycles. The largest absolute Gasteiger partial charge is 0.244 e. The van der Waals surface area contributed by atoms with Crippen molar-refractivity contribution in [2.24, 2.45) is 5.14 Å². The Labute approximate surface area is 119 Å². The second kappa shape index (κ2) is 5.44. The normalized spacial score (nSPS) is 21.2. The molecule has 1 aromatic rings. The minimum Gasteiger partial charge on any atom is -0.225 e. The van der Waals surface area contributed by atoms with E-state index in [1.807, 2.05) is 6.92 Å². The fourth-order valence-electron chi connectivity index (χ4n) is 2.56. The Balaban J connectivity index is 2.56. The van der Waals surface area contributed by atoms with Gasteiger partial charge in [0.15, 0.2) is 0 Å². The Morgan fingerprint density at radius 3 is 2.35 bits per heavy atom. The summed E-state index contributed by atoms with van der Waals surface area (Å²) in [7, 11) is -7.92. The molecule has 1 saturated heterocycles.